The number of hydrogen-bond donors (Lipinski definition) is 2. The molecule has 2 N–H and O–H groups in total. The Labute approximate surface area is 212 Å². The van der Waals surface area contributed by atoms with Gasteiger partial charge < -0.3 is 20.0 Å². The zero-order valence-corrected chi connectivity index (χ0v) is 21.2. The first-order valence-electron chi connectivity index (χ1n) is 12.3. The summed E-state index contributed by atoms with van der Waals surface area (Å²) in [6.07, 6.45) is 1.01. The highest BCUT2D eigenvalue weighted by atomic mass is 19.4. The number of amides is 1. The first-order valence-corrected chi connectivity index (χ1v) is 12.3. The number of rotatable bonds is 4. The van der Waals surface area contributed by atoms with Crippen molar-refractivity contribution in [3.8, 4) is 0 Å². The van der Waals surface area contributed by atoms with Crippen LogP contribution in [0.1, 0.15) is 57.8 Å². The molecular weight excluding hydrogens is 512 g/mol. The molecule has 0 unspecified atom stereocenters. The maximum atomic E-state index is 12.8. The molecule has 2 saturated heterocycles. The monoisotopic (exact) mass is 549 g/mol. The molecule has 216 valence electrons. The highest BCUT2D eigenvalue weighted by Gasteiger charge is 2.44. The van der Waals surface area contributed by atoms with Gasteiger partial charge in [-0.1, -0.05) is 19.3 Å². The summed E-state index contributed by atoms with van der Waals surface area (Å²) in [5, 5.41) is 14.2. The van der Waals surface area contributed by atoms with E-state index in [0.717, 1.165) is 32.5 Å². The predicted octanol–water partition coefficient (Wildman–Crippen LogP) is 3.85. The molecule has 3 rings (SSSR count). The Kier molecular flexibility index (Phi) is 12.6. The number of likely N-dealkylation sites (N-methyl/N-ethyl adjacent to an activating group) is 1. The van der Waals surface area contributed by atoms with Gasteiger partial charge in [0, 0.05) is 37.6 Å². The number of nitrogens with zero attached hydrogens (tertiary/aromatic N) is 3. The molecule has 1 amide bonds. The molecule has 2 aliphatic heterocycles. The van der Waals surface area contributed by atoms with E-state index in [-0.39, 0.29) is 0 Å². The standard InChI is InChI=1S/C19H35N3O.2C2HF3O2/c1-20(2)15-16-22-12-6-9-19(22)10-13-21(14-11-19)18(23)17-7-4-3-5-8-17;2*3-2(4,5)1(6)7/h17H,3-16H2,1-2H3;2*(H,6,7). The van der Waals surface area contributed by atoms with Crippen molar-refractivity contribution in [3.05, 3.63) is 0 Å². The van der Waals surface area contributed by atoms with Gasteiger partial charge in [0.2, 0.25) is 5.91 Å². The van der Waals surface area contributed by atoms with Crippen LogP contribution in [-0.2, 0) is 14.4 Å². The number of likely N-dealkylation sites (tertiary alicyclic amines) is 2. The van der Waals surface area contributed by atoms with Gasteiger partial charge in [0.05, 0.1) is 0 Å². The Hall–Kier alpha value is -2.09. The van der Waals surface area contributed by atoms with Crippen LogP contribution in [0.4, 0.5) is 26.3 Å². The average molecular weight is 550 g/mol. The third-order valence-electron chi connectivity index (χ3n) is 7.00. The van der Waals surface area contributed by atoms with E-state index >= 15 is 0 Å². The van der Waals surface area contributed by atoms with Crippen LogP contribution in [0.15, 0.2) is 0 Å². The third-order valence-corrected chi connectivity index (χ3v) is 7.00. The van der Waals surface area contributed by atoms with Crippen molar-refractivity contribution in [1.82, 2.24) is 14.7 Å². The molecule has 37 heavy (non-hydrogen) atoms. The fourth-order valence-electron chi connectivity index (χ4n) is 4.98. The van der Waals surface area contributed by atoms with E-state index in [2.05, 4.69) is 28.8 Å². The van der Waals surface area contributed by atoms with Gasteiger partial charge in [-0.2, -0.15) is 26.3 Å². The minimum Gasteiger partial charge on any atom is -0.475 e. The van der Waals surface area contributed by atoms with Crippen molar-refractivity contribution < 1.29 is 50.9 Å². The van der Waals surface area contributed by atoms with Gasteiger partial charge in [-0.25, -0.2) is 9.59 Å². The lowest BCUT2D eigenvalue weighted by molar-refractivity contribution is -0.193. The number of aliphatic carboxylic acids is 2. The molecule has 3 fully saturated rings. The topological polar surface area (TPSA) is 101 Å². The molecule has 1 saturated carbocycles. The Morgan fingerprint density at radius 1 is 0.811 bits per heavy atom. The molecule has 0 atom stereocenters. The van der Waals surface area contributed by atoms with Gasteiger partial charge in [-0.15, -0.1) is 0 Å². The predicted molar refractivity (Wildman–Crippen MR) is 122 cm³/mol. The number of hydrogen-bond acceptors (Lipinski definition) is 5. The third kappa shape index (κ3) is 11.0. The molecule has 1 spiro atoms. The Bertz CT molecular complexity index is 722. The molecule has 0 aromatic carbocycles. The number of carbonyl (C=O) groups is 3. The minimum atomic E-state index is -5.08. The SMILES string of the molecule is CN(C)CCN1CCCC12CCN(C(=O)C1CCCCC1)CC2.O=C(O)C(F)(F)F.O=C(O)C(F)(F)F. The van der Waals surface area contributed by atoms with Crippen LogP contribution in [0.5, 0.6) is 0 Å². The van der Waals surface area contributed by atoms with Crippen molar-refractivity contribution in [2.75, 3.05) is 46.8 Å². The van der Waals surface area contributed by atoms with Crippen molar-refractivity contribution >= 4 is 17.8 Å². The molecule has 14 heteroatoms. The molecule has 8 nitrogen and oxygen atoms in total. The van der Waals surface area contributed by atoms with E-state index < -0.39 is 24.3 Å². The second-order valence-electron chi connectivity index (χ2n) is 9.88. The van der Waals surface area contributed by atoms with E-state index in [1.807, 2.05) is 0 Å². The summed E-state index contributed by atoms with van der Waals surface area (Å²) in [6, 6.07) is 0. The van der Waals surface area contributed by atoms with Crippen molar-refractivity contribution in [1.29, 1.82) is 0 Å². The maximum Gasteiger partial charge on any atom is 0.490 e. The fraction of sp³-hybridized carbons (Fsp3) is 0.870. The summed E-state index contributed by atoms with van der Waals surface area (Å²) >= 11 is 0. The maximum absolute atomic E-state index is 12.8. The summed E-state index contributed by atoms with van der Waals surface area (Å²) in [5.41, 5.74) is 0.402. The largest absolute Gasteiger partial charge is 0.490 e. The Balaban J connectivity index is 0.000000404. The quantitative estimate of drug-likeness (QED) is 0.514. The molecule has 0 aromatic rings. The summed E-state index contributed by atoms with van der Waals surface area (Å²) in [5.74, 6) is -4.70. The van der Waals surface area contributed by atoms with Gasteiger partial charge in [0.25, 0.3) is 0 Å². The van der Waals surface area contributed by atoms with Crippen molar-refractivity contribution in [2.24, 2.45) is 5.92 Å². The van der Waals surface area contributed by atoms with Crippen LogP contribution in [-0.4, -0.2) is 107 Å². The summed E-state index contributed by atoms with van der Waals surface area (Å²) in [4.78, 5) is 37.8. The second kappa shape index (κ2) is 14.2. The number of alkyl halides is 6. The lowest BCUT2D eigenvalue weighted by atomic mass is 9.83. The molecule has 2 heterocycles. The van der Waals surface area contributed by atoms with Crippen LogP contribution >= 0.6 is 0 Å². The molecule has 0 bridgehead atoms. The van der Waals surface area contributed by atoms with E-state index in [1.54, 1.807) is 0 Å². The van der Waals surface area contributed by atoms with Crippen LogP contribution < -0.4 is 0 Å². The number of piperidine rings is 1. The second-order valence-corrected chi connectivity index (χ2v) is 9.88. The van der Waals surface area contributed by atoms with E-state index in [1.165, 1.54) is 58.0 Å². The van der Waals surface area contributed by atoms with E-state index in [4.69, 9.17) is 19.8 Å². The van der Waals surface area contributed by atoms with E-state index in [0.29, 0.717) is 17.4 Å². The average Bonchev–Trinajstić information content (AvgIpc) is 3.19. The summed E-state index contributed by atoms with van der Waals surface area (Å²) in [6.45, 7) is 5.57. The zero-order chi connectivity index (χ0) is 28.4. The van der Waals surface area contributed by atoms with Gasteiger partial charge in [-0.3, -0.25) is 9.69 Å². The summed E-state index contributed by atoms with van der Waals surface area (Å²) < 4.78 is 63.5. The van der Waals surface area contributed by atoms with E-state index in [9.17, 15) is 31.1 Å². The zero-order valence-electron chi connectivity index (χ0n) is 21.2. The van der Waals surface area contributed by atoms with Gasteiger partial charge in [-0.05, 0) is 59.2 Å². The first kappa shape index (κ1) is 32.9. The number of carbonyl (C=O) groups excluding carboxylic acids is 1. The number of carboxylic acid groups (broad SMARTS) is 2. The number of carboxylic acids is 2. The van der Waals surface area contributed by atoms with Crippen molar-refractivity contribution in [2.45, 2.75) is 75.7 Å². The van der Waals surface area contributed by atoms with Gasteiger partial charge in [0.15, 0.2) is 0 Å². The van der Waals surface area contributed by atoms with Crippen LogP contribution in [0.25, 0.3) is 0 Å². The van der Waals surface area contributed by atoms with Gasteiger partial charge in [0.1, 0.15) is 0 Å². The smallest absolute Gasteiger partial charge is 0.475 e. The fourth-order valence-corrected chi connectivity index (χ4v) is 4.98. The Morgan fingerprint density at radius 2 is 1.27 bits per heavy atom. The summed E-state index contributed by atoms with van der Waals surface area (Å²) in [7, 11) is 4.32. The lowest BCUT2D eigenvalue weighted by Crippen LogP contribution is -2.55. The number of halogens is 6. The molecule has 1 aliphatic carbocycles. The minimum absolute atomic E-state index is 0.339. The highest BCUT2D eigenvalue weighted by molar-refractivity contribution is 5.79. The molecule has 0 radical (unpaired) electrons. The first-order chi connectivity index (χ1) is 17.0. The van der Waals surface area contributed by atoms with Crippen LogP contribution in [0.3, 0.4) is 0 Å². The normalized spacial score (nSPS) is 20.6. The molecular formula is C23H37F6N3O5. The Morgan fingerprint density at radius 3 is 1.68 bits per heavy atom. The van der Waals surface area contributed by atoms with Crippen molar-refractivity contribution in [3.63, 3.8) is 0 Å². The van der Waals surface area contributed by atoms with Crippen LogP contribution in [0.2, 0.25) is 0 Å². The highest BCUT2D eigenvalue weighted by Crippen LogP contribution is 2.39. The lowest BCUT2D eigenvalue weighted by Gasteiger charge is -2.46. The van der Waals surface area contributed by atoms with Crippen LogP contribution in [0, 0.1) is 5.92 Å². The molecule has 3 aliphatic rings. The molecule has 0 aromatic heterocycles. The van der Waals surface area contributed by atoms with Gasteiger partial charge >= 0.3 is 24.3 Å².